The average Bonchev–Trinajstić information content (AvgIpc) is 2.60. The molecule has 1 rings (SSSR count). The molecule has 0 aromatic heterocycles. The molecule has 0 atom stereocenters. The smallest absolute Gasteiger partial charge is 0.327 e. The minimum Gasteiger partial charge on any atom is -0.396 e. The van der Waals surface area contributed by atoms with Gasteiger partial charge in [0.05, 0.1) is 0 Å². The quantitative estimate of drug-likeness (QED) is 0.462. The minimum absolute atomic E-state index is 0.0350. The van der Waals surface area contributed by atoms with Crippen LogP contribution in [0.1, 0.15) is 25.7 Å². The second-order valence-electron chi connectivity index (χ2n) is 4.61. The molecule has 0 aromatic rings. The van der Waals surface area contributed by atoms with Gasteiger partial charge in [-0.15, -0.1) is 0 Å². The molecule has 7 heteroatoms. The summed E-state index contributed by atoms with van der Waals surface area (Å²) in [4.78, 5) is 36.8. The van der Waals surface area contributed by atoms with Crippen LogP contribution in [-0.2, 0) is 9.59 Å². The summed E-state index contributed by atoms with van der Waals surface area (Å²) in [6, 6.07) is -0.428. The number of hydrogen-bond donors (Lipinski definition) is 2. The Morgan fingerprint density at radius 3 is 2.53 bits per heavy atom. The Hall–Kier alpha value is -1.63. The van der Waals surface area contributed by atoms with E-state index in [0.717, 1.165) is 30.6 Å². The van der Waals surface area contributed by atoms with Crippen molar-refractivity contribution in [2.24, 2.45) is 0 Å². The minimum atomic E-state index is -0.428. The normalized spacial score (nSPS) is 15.3. The fourth-order valence-electron chi connectivity index (χ4n) is 1.84. The molecule has 0 radical (unpaired) electrons. The molecule has 0 bridgehead atoms. The van der Waals surface area contributed by atoms with Crippen LogP contribution in [0.25, 0.3) is 0 Å². The summed E-state index contributed by atoms with van der Waals surface area (Å²) in [5, 5.41) is 11.3. The van der Waals surface area contributed by atoms with E-state index in [2.05, 4.69) is 5.32 Å². The van der Waals surface area contributed by atoms with Crippen LogP contribution in [0.3, 0.4) is 0 Å². The van der Waals surface area contributed by atoms with Gasteiger partial charge in [-0.2, -0.15) is 0 Å². The predicted molar refractivity (Wildman–Crippen MR) is 68.3 cm³/mol. The van der Waals surface area contributed by atoms with E-state index in [-0.39, 0.29) is 31.5 Å². The number of aliphatic hydroxyl groups excluding tert-OH is 1. The number of carbonyl (C=O) groups excluding carboxylic acids is 3. The van der Waals surface area contributed by atoms with E-state index in [0.29, 0.717) is 6.54 Å². The number of likely N-dealkylation sites (N-methyl/N-ethyl adjacent to an activating group) is 1. The highest BCUT2D eigenvalue weighted by molar-refractivity contribution is 6.04. The number of unbranched alkanes of at least 4 members (excludes halogenated alkanes) is 3. The molecule has 0 aliphatic carbocycles. The highest BCUT2D eigenvalue weighted by Gasteiger charge is 2.34. The van der Waals surface area contributed by atoms with Crippen LogP contribution in [0.4, 0.5) is 4.79 Å². The van der Waals surface area contributed by atoms with Crippen molar-refractivity contribution >= 4 is 17.8 Å². The first-order chi connectivity index (χ1) is 9.06. The number of hydrogen-bond acceptors (Lipinski definition) is 4. The van der Waals surface area contributed by atoms with E-state index < -0.39 is 6.03 Å². The summed E-state index contributed by atoms with van der Waals surface area (Å²) < 4.78 is 0. The molecule has 1 fully saturated rings. The Balaban J connectivity index is 2.17. The summed E-state index contributed by atoms with van der Waals surface area (Å²) >= 11 is 0. The summed E-state index contributed by atoms with van der Waals surface area (Å²) in [5.41, 5.74) is 0. The molecule has 0 unspecified atom stereocenters. The molecule has 1 heterocycles. The second-order valence-corrected chi connectivity index (χ2v) is 4.61. The van der Waals surface area contributed by atoms with E-state index in [1.165, 1.54) is 11.9 Å². The number of rotatable bonds is 8. The van der Waals surface area contributed by atoms with Gasteiger partial charge in [-0.05, 0) is 12.8 Å². The average molecular weight is 271 g/mol. The van der Waals surface area contributed by atoms with Crippen LogP contribution in [0.15, 0.2) is 0 Å². The van der Waals surface area contributed by atoms with Gasteiger partial charge in [-0.25, -0.2) is 4.79 Å². The largest absolute Gasteiger partial charge is 0.396 e. The van der Waals surface area contributed by atoms with Gasteiger partial charge in [0.25, 0.3) is 5.91 Å². The Labute approximate surface area is 112 Å². The van der Waals surface area contributed by atoms with Crippen molar-refractivity contribution in [3.8, 4) is 0 Å². The lowest BCUT2D eigenvalue weighted by molar-refractivity contribution is -0.130. The number of amides is 4. The van der Waals surface area contributed by atoms with Gasteiger partial charge in [-0.3, -0.25) is 14.5 Å². The van der Waals surface area contributed by atoms with E-state index in [9.17, 15) is 14.4 Å². The zero-order chi connectivity index (χ0) is 14.3. The van der Waals surface area contributed by atoms with Crippen molar-refractivity contribution in [2.75, 3.05) is 33.3 Å². The predicted octanol–water partition coefficient (Wildman–Crippen LogP) is -0.451. The number of carbonyl (C=O) groups is 3. The molecule has 0 aromatic carbocycles. The van der Waals surface area contributed by atoms with Gasteiger partial charge in [0.15, 0.2) is 0 Å². The highest BCUT2D eigenvalue weighted by atomic mass is 16.3. The number of aliphatic hydroxyl groups is 1. The molecule has 19 heavy (non-hydrogen) atoms. The van der Waals surface area contributed by atoms with E-state index >= 15 is 0 Å². The number of urea groups is 1. The summed E-state index contributed by atoms with van der Waals surface area (Å²) in [5.74, 6) is -0.662. The maximum atomic E-state index is 11.6. The SMILES string of the molecule is CN1CC(=O)N(CC(=O)NCCCCCCO)C1=O. The lowest BCUT2D eigenvalue weighted by Crippen LogP contribution is -2.41. The lowest BCUT2D eigenvalue weighted by atomic mass is 10.2. The molecule has 1 saturated heterocycles. The molecule has 2 N–H and O–H groups in total. The molecule has 7 nitrogen and oxygen atoms in total. The van der Waals surface area contributed by atoms with Crippen LogP contribution in [0.2, 0.25) is 0 Å². The standard InChI is InChI=1S/C12H21N3O4/c1-14-9-11(18)15(12(14)19)8-10(17)13-6-4-2-3-5-7-16/h16H,2-9H2,1H3,(H,13,17). The van der Waals surface area contributed by atoms with Crippen molar-refractivity contribution in [2.45, 2.75) is 25.7 Å². The van der Waals surface area contributed by atoms with Gasteiger partial charge in [0.1, 0.15) is 13.1 Å². The molecule has 1 aliphatic rings. The van der Waals surface area contributed by atoms with Crippen LogP contribution < -0.4 is 5.32 Å². The molecule has 4 amide bonds. The lowest BCUT2D eigenvalue weighted by Gasteiger charge is -2.13. The first-order valence-corrected chi connectivity index (χ1v) is 6.49. The Kier molecular flexibility index (Phi) is 6.27. The first-order valence-electron chi connectivity index (χ1n) is 6.49. The third kappa shape index (κ3) is 4.86. The van der Waals surface area contributed by atoms with Crippen LogP contribution in [0.5, 0.6) is 0 Å². The maximum Gasteiger partial charge on any atom is 0.327 e. The summed E-state index contributed by atoms with van der Waals surface area (Å²) in [6.45, 7) is 0.543. The van der Waals surface area contributed by atoms with E-state index in [4.69, 9.17) is 5.11 Å². The van der Waals surface area contributed by atoms with Crippen LogP contribution in [0, 0.1) is 0 Å². The molecular formula is C12H21N3O4. The van der Waals surface area contributed by atoms with E-state index in [1.54, 1.807) is 0 Å². The maximum absolute atomic E-state index is 11.6. The third-order valence-electron chi connectivity index (χ3n) is 2.94. The van der Waals surface area contributed by atoms with Crippen LogP contribution in [-0.4, -0.2) is 66.0 Å². The molecule has 0 saturated carbocycles. The van der Waals surface area contributed by atoms with Crippen molar-refractivity contribution in [3.05, 3.63) is 0 Å². The Morgan fingerprint density at radius 2 is 1.95 bits per heavy atom. The highest BCUT2D eigenvalue weighted by Crippen LogP contribution is 2.06. The van der Waals surface area contributed by atoms with Crippen molar-refractivity contribution in [3.63, 3.8) is 0 Å². The Bertz CT molecular complexity index is 346. The summed E-state index contributed by atoms with van der Waals surface area (Å²) in [7, 11) is 1.53. The van der Waals surface area contributed by atoms with Crippen molar-refractivity contribution in [1.82, 2.24) is 15.1 Å². The zero-order valence-electron chi connectivity index (χ0n) is 11.2. The third-order valence-corrected chi connectivity index (χ3v) is 2.94. The fourth-order valence-corrected chi connectivity index (χ4v) is 1.84. The molecular weight excluding hydrogens is 250 g/mol. The van der Waals surface area contributed by atoms with Gasteiger partial charge >= 0.3 is 6.03 Å². The topological polar surface area (TPSA) is 90.0 Å². The molecule has 108 valence electrons. The summed E-state index contributed by atoms with van der Waals surface area (Å²) in [6.07, 6.45) is 3.47. The van der Waals surface area contributed by atoms with Gasteiger partial charge < -0.3 is 15.3 Å². The zero-order valence-corrected chi connectivity index (χ0v) is 11.2. The molecule has 1 aliphatic heterocycles. The number of imide groups is 1. The first kappa shape index (κ1) is 15.4. The fraction of sp³-hybridized carbons (Fsp3) is 0.750. The van der Waals surface area contributed by atoms with Crippen molar-refractivity contribution in [1.29, 1.82) is 0 Å². The van der Waals surface area contributed by atoms with Crippen LogP contribution >= 0.6 is 0 Å². The van der Waals surface area contributed by atoms with Gasteiger partial charge in [-0.1, -0.05) is 12.8 Å². The van der Waals surface area contributed by atoms with Gasteiger partial charge in [0.2, 0.25) is 5.91 Å². The monoisotopic (exact) mass is 271 g/mol. The molecule has 0 spiro atoms. The van der Waals surface area contributed by atoms with Gasteiger partial charge in [0, 0.05) is 20.2 Å². The Morgan fingerprint density at radius 1 is 1.26 bits per heavy atom. The number of nitrogens with zero attached hydrogens (tertiary/aromatic N) is 2. The second kappa shape index (κ2) is 7.73. The van der Waals surface area contributed by atoms with E-state index in [1.807, 2.05) is 0 Å². The van der Waals surface area contributed by atoms with Crippen molar-refractivity contribution < 1.29 is 19.5 Å². The number of nitrogens with one attached hydrogen (secondary N) is 1.